The van der Waals surface area contributed by atoms with E-state index >= 15 is 0 Å². The van der Waals surface area contributed by atoms with Crippen LogP contribution < -0.4 is 5.73 Å². The number of carbonyl (C=O) groups is 1. The lowest BCUT2D eigenvalue weighted by atomic mass is 9.91. The average Bonchev–Trinajstić information content (AvgIpc) is 1.99. The van der Waals surface area contributed by atoms with Gasteiger partial charge in [0, 0.05) is 19.5 Å². The monoisotopic (exact) mass is 222 g/mol. The maximum atomic E-state index is 12.2. The molecule has 0 aromatic carbocycles. The highest BCUT2D eigenvalue weighted by atomic mass is 19.3. The summed E-state index contributed by atoms with van der Waals surface area (Å²) in [6.45, 7) is 5.57. The molecule has 0 saturated carbocycles. The minimum Gasteiger partial charge on any atom is -0.336 e. The molecule has 90 valence electrons. The standard InChI is InChI=1S/C10H20F2N2O/c1-10(2,3)6-9(15)14(5-4-13)7-8(11)12/h8H,4-7,13H2,1-3H3. The Hall–Kier alpha value is -0.710. The zero-order chi connectivity index (χ0) is 12.1. The molecule has 0 aromatic heterocycles. The highest BCUT2D eigenvalue weighted by Gasteiger charge is 2.22. The van der Waals surface area contributed by atoms with Gasteiger partial charge in [0.25, 0.3) is 6.43 Å². The number of amides is 1. The van der Waals surface area contributed by atoms with Gasteiger partial charge in [-0.15, -0.1) is 0 Å². The summed E-state index contributed by atoms with van der Waals surface area (Å²) in [5.74, 6) is -0.256. The van der Waals surface area contributed by atoms with Crippen LogP contribution in [0.2, 0.25) is 0 Å². The Morgan fingerprint density at radius 3 is 2.27 bits per heavy atom. The van der Waals surface area contributed by atoms with Gasteiger partial charge in [0.2, 0.25) is 5.91 Å². The highest BCUT2D eigenvalue weighted by Crippen LogP contribution is 2.19. The fraction of sp³-hybridized carbons (Fsp3) is 0.900. The summed E-state index contributed by atoms with van der Waals surface area (Å²) >= 11 is 0. The van der Waals surface area contributed by atoms with Crippen molar-refractivity contribution in [3.8, 4) is 0 Å². The molecule has 0 radical (unpaired) electrons. The largest absolute Gasteiger partial charge is 0.336 e. The van der Waals surface area contributed by atoms with Gasteiger partial charge in [-0.05, 0) is 5.41 Å². The zero-order valence-corrected chi connectivity index (χ0v) is 9.59. The third-order valence-electron chi connectivity index (χ3n) is 1.79. The van der Waals surface area contributed by atoms with Crippen LogP contribution in [0.15, 0.2) is 0 Å². The van der Waals surface area contributed by atoms with E-state index < -0.39 is 13.0 Å². The van der Waals surface area contributed by atoms with Crippen LogP contribution in [0.1, 0.15) is 27.2 Å². The van der Waals surface area contributed by atoms with Crippen molar-refractivity contribution >= 4 is 5.91 Å². The fourth-order valence-corrected chi connectivity index (χ4v) is 1.21. The molecule has 0 atom stereocenters. The first-order chi connectivity index (χ1) is 6.76. The number of carbonyl (C=O) groups excluding carboxylic acids is 1. The number of nitrogens with zero attached hydrogens (tertiary/aromatic N) is 1. The molecule has 0 rings (SSSR count). The van der Waals surface area contributed by atoms with Gasteiger partial charge in [-0.2, -0.15) is 0 Å². The van der Waals surface area contributed by atoms with Crippen LogP contribution in [0.25, 0.3) is 0 Å². The van der Waals surface area contributed by atoms with Crippen LogP contribution in [-0.2, 0) is 4.79 Å². The van der Waals surface area contributed by atoms with Crippen LogP contribution in [0.4, 0.5) is 8.78 Å². The molecule has 0 heterocycles. The first-order valence-electron chi connectivity index (χ1n) is 5.02. The molecule has 0 spiro atoms. The van der Waals surface area contributed by atoms with E-state index in [9.17, 15) is 13.6 Å². The third kappa shape index (κ3) is 7.25. The summed E-state index contributed by atoms with van der Waals surface area (Å²) in [4.78, 5) is 12.8. The maximum absolute atomic E-state index is 12.2. The number of rotatable bonds is 5. The highest BCUT2D eigenvalue weighted by molar-refractivity contribution is 5.76. The first kappa shape index (κ1) is 14.3. The van der Waals surface area contributed by atoms with E-state index in [0.717, 1.165) is 4.90 Å². The smallest absolute Gasteiger partial charge is 0.255 e. The van der Waals surface area contributed by atoms with Gasteiger partial charge < -0.3 is 10.6 Å². The first-order valence-corrected chi connectivity index (χ1v) is 5.02. The Labute approximate surface area is 89.6 Å². The summed E-state index contributed by atoms with van der Waals surface area (Å²) in [5, 5.41) is 0. The second kappa shape index (κ2) is 6.00. The lowest BCUT2D eigenvalue weighted by Gasteiger charge is -2.26. The van der Waals surface area contributed by atoms with E-state index in [1.54, 1.807) is 0 Å². The van der Waals surface area contributed by atoms with Gasteiger partial charge >= 0.3 is 0 Å². The number of alkyl halides is 2. The lowest BCUT2D eigenvalue weighted by Crippen LogP contribution is -2.40. The van der Waals surface area contributed by atoms with Gasteiger partial charge in [0.05, 0.1) is 6.54 Å². The molecule has 0 aliphatic rings. The van der Waals surface area contributed by atoms with E-state index in [1.165, 1.54) is 0 Å². The Bertz CT molecular complexity index is 202. The van der Waals surface area contributed by atoms with Gasteiger partial charge in [-0.25, -0.2) is 8.78 Å². The van der Waals surface area contributed by atoms with Crippen LogP contribution in [0.3, 0.4) is 0 Å². The normalized spacial score (nSPS) is 11.9. The Morgan fingerprint density at radius 1 is 1.40 bits per heavy atom. The second-order valence-corrected chi connectivity index (χ2v) is 4.76. The molecule has 2 N–H and O–H groups in total. The lowest BCUT2D eigenvalue weighted by molar-refractivity contribution is -0.134. The summed E-state index contributed by atoms with van der Waals surface area (Å²) in [6, 6.07) is 0. The molecular formula is C10H20F2N2O. The molecule has 0 saturated heterocycles. The number of halogens is 2. The van der Waals surface area contributed by atoms with Crippen LogP contribution >= 0.6 is 0 Å². The van der Waals surface area contributed by atoms with Gasteiger partial charge in [-0.1, -0.05) is 20.8 Å². The van der Waals surface area contributed by atoms with Crippen molar-refractivity contribution in [2.75, 3.05) is 19.6 Å². The minimum absolute atomic E-state index is 0.188. The molecular weight excluding hydrogens is 202 g/mol. The molecule has 0 unspecified atom stereocenters. The van der Waals surface area contributed by atoms with E-state index in [-0.39, 0.29) is 30.8 Å². The third-order valence-corrected chi connectivity index (χ3v) is 1.79. The maximum Gasteiger partial charge on any atom is 0.255 e. The molecule has 3 nitrogen and oxygen atoms in total. The predicted molar refractivity (Wildman–Crippen MR) is 55.7 cm³/mol. The van der Waals surface area contributed by atoms with Gasteiger partial charge in [-0.3, -0.25) is 4.79 Å². The number of nitrogens with two attached hydrogens (primary N) is 1. The zero-order valence-electron chi connectivity index (χ0n) is 9.59. The average molecular weight is 222 g/mol. The molecule has 0 bridgehead atoms. The molecule has 0 aliphatic carbocycles. The van der Waals surface area contributed by atoms with Crippen molar-refractivity contribution in [2.24, 2.45) is 11.1 Å². The van der Waals surface area contributed by atoms with E-state index in [2.05, 4.69) is 0 Å². The van der Waals surface area contributed by atoms with Crippen molar-refractivity contribution in [1.82, 2.24) is 4.90 Å². The van der Waals surface area contributed by atoms with Crippen molar-refractivity contribution in [1.29, 1.82) is 0 Å². The van der Waals surface area contributed by atoms with Crippen molar-refractivity contribution < 1.29 is 13.6 Å². The fourth-order valence-electron chi connectivity index (χ4n) is 1.21. The molecule has 0 aromatic rings. The quantitative estimate of drug-likeness (QED) is 0.765. The van der Waals surface area contributed by atoms with E-state index in [4.69, 9.17) is 5.73 Å². The summed E-state index contributed by atoms with van der Waals surface area (Å²) in [7, 11) is 0. The topological polar surface area (TPSA) is 46.3 Å². The SMILES string of the molecule is CC(C)(C)CC(=O)N(CCN)CC(F)F. The van der Waals surface area contributed by atoms with Crippen LogP contribution in [0, 0.1) is 5.41 Å². The Balaban J connectivity index is 4.28. The Kier molecular flexibility index (Phi) is 5.72. The minimum atomic E-state index is -2.50. The van der Waals surface area contributed by atoms with Crippen molar-refractivity contribution in [3.63, 3.8) is 0 Å². The summed E-state index contributed by atoms with van der Waals surface area (Å²) in [6.07, 6.45) is -2.24. The van der Waals surface area contributed by atoms with Crippen molar-refractivity contribution in [3.05, 3.63) is 0 Å². The number of hydrogen-bond acceptors (Lipinski definition) is 2. The van der Waals surface area contributed by atoms with Gasteiger partial charge in [0.1, 0.15) is 0 Å². The second-order valence-electron chi connectivity index (χ2n) is 4.76. The van der Waals surface area contributed by atoms with E-state index in [1.807, 2.05) is 20.8 Å². The van der Waals surface area contributed by atoms with E-state index in [0.29, 0.717) is 0 Å². The molecule has 0 aliphatic heterocycles. The van der Waals surface area contributed by atoms with Crippen molar-refractivity contribution in [2.45, 2.75) is 33.6 Å². The molecule has 15 heavy (non-hydrogen) atoms. The predicted octanol–water partition coefficient (Wildman–Crippen LogP) is 1.48. The molecule has 5 heteroatoms. The summed E-state index contributed by atoms with van der Waals surface area (Å²) in [5.41, 5.74) is 5.08. The van der Waals surface area contributed by atoms with Crippen LogP contribution in [0.5, 0.6) is 0 Å². The molecule has 1 amide bonds. The van der Waals surface area contributed by atoms with Crippen LogP contribution in [-0.4, -0.2) is 36.9 Å². The Morgan fingerprint density at radius 2 is 1.93 bits per heavy atom. The number of hydrogen-bond donors (Lipinski definition) is 1. The molecule has 0 fully saturated rings. The van der Waals surface area contributed by atoms with Gasteiger partial charge in [0.15, 0.2) is 0 Å². The summed E-state index contributed by atoms with van der Waals surface area (Å²) < 4.78 is 24.3.